The summed E-state index contributed by atoms with van der Waals surface area (Å²) in [6.45, 7) is 32.9. The van der Waals surface area contributed by atoms with Gasteiger partial charge in [-0.3, -0.25) is 0 Å². The van der Waals surface area contributed by atoms with E-state index < -0.39 is 15.2 Å². The normalized spacial score (nSPS) is 18.0. The number of hydrogen-bond acceptors (Lipinski definition) is 0. The zero-order valence-corrected chi connectivity index (χ0v) is 27.7. The van der Waals surface area contributed by atoms with Crippen LogP contribution in [0.2, 0.25) is 39.3 Å². The summed E-state index contributed by atoms with van der Waals surface area (Å²) < 4.78 is 6.69. The quantitative estimate of drug-likeness (QED) is 0.336. The van der Waals surface area contributed by atoms with E-state index >= 15 is 0 Å². The molecule has 0 amide bonds. The zero-order valence-electron chi connectivity index (χ0n) is 20.5. The first-order valence-electron chi connectivity index (χ1n) is 10.0. The van der Waals surface area contributed by atoms with Gasteiger partial charge in [-0.2, -0.15) is 0 Å². The first kappa shape index (κ1) is 27.7. The molecule has 0 spiro atoms. The smallest absolute Gasteiger partial charge is 0.0298 e. The molecule has 0 nitrogen and oxygen atoms in total. The van der Waals surface area contributed by atoms with Gasteiger partial charge in [-0.25, -0.2) is 0 Å². The van der Waals surface area contributed by atoms with Crippen molar-refractivity contribution in [1.29, 1.82) is 0 Å². The monoisotopic (exact) mass is 538 g/mol. The second-order valence-corrected chi connectivity index (χ2v) is 38.5. The fourth-order valence-corrected chi connectivity index (χ4v) is 37.9. The van der Waals surface area contributed by atoms with Crippen molar-refractivity contribution in [1.82, 2.24) is 0 Å². The Hall–Kier alpha value is 0.696. The predicted octanol–water partition coefficient (Wildman–Crippen LogP) is 6.94. The third-order valence-electron chi connectivity index (χ3n) is 4.88. The van der Waals surface area contributed by atoms with E-state index in [1.54, 1.807) is 39.9 Å². The second-order valence-electron chi connectivity index (χ2n) is 9.88. The molecule has 0 atom stereocenters. The van der Waals surface area contributed by atoms with Crippen molar-refractivity contribution < 1.29 is 0 Å². The topological polar surface area (TPSA) is 0 Å². The molecule has 27 heavy (non-hydrogen) atoms. The van der Waals surface area contributed by atoms with E-state index in [-0.39, 0.29) is 30.9 Å². The third kappa shape index (κ3) is 10.9. The fraction of sp³-hybridized carbons (Fsp3) is 0.636. The van der Waals surface area contributed by atoms with E-state index in [0.717, 1.165) is 0 Å². The summed E-state index contributed by atoms with van der Waals surface area (Å²) in [6, 6.07) is 0. The van der Waals surface area contributed by atoms with E-state index in [1.807, 2.05) is 0 Å². The summed E-state index contributed by atoms with van der Waals surface area (Å²) in [7, 11) is -0.0775. The van der Waals surface area contributed by atoms with Crippen LogP contribution in [-0.4, -0.2) is 54.6 Å². The summed E-state index contributed by atoms with van der Waals surface area (Å²) in [5.74, 6) is 0. The van der Waals surface area contributed by atoms with Crippen molar-refractivity contribution >= 4 is 54.6 Å². The van der Waals surface area contributed by atoms with Gasteiger partial charge in [0.15, 0.2) is 0 Å². The van der Waals surface area contributed by atoms with Crippen LogP contribution in [0.1, 0.15) is 55.4 Å². The van der Waals surface area contributed by atoms with Gasteiger partial charge in [-0.05, 0) is 0 Å². The van der Waals surface area contributed by atoms with Crippen molar-refractivity contribution in [3.63, 3.8) is 0 Å². The second kappa shape index (κ2) is 11.2. The Bertz CT molecular complexity index is 565. The Morgan fingerprint density at radius 2 is 0.630 bits per heavy atom. The maximum absolute atomic E-state index is 2.48. The number of hydrogen-bond donors (Lipinski definition) is 0. The van der Waals surface area contributed by atoms with Crippen LogP contribution in [0.15, 0.2) is 39.9 Å². The van der Waals surface area contributed by atoms with Crippen LogP contribution >= 0.6 is 0 Å². The molecular weight excluding hydrogens is 494 g/mol. The van der Waals surface area contributed by atoms with Gasteiger partial charge in [0.2, 0.25) is 0 Å². The first-order chi connectivity index (χ1) is 12.0. The van der Waals surface area contributed by atoms with E-state index in [1.165, 1.54) is 8.55 Å². The van der Waals surface area contributed by atoms with Crippen molar-refractivity contribution in [2.45, 2.75) is 94.7 Å². The van der Waals surface area contributed by atoms with Gasteiger partial charge in [0.1, 0.15) is 0 Å². The molecule has 0 aliphatic carbocycles. The van der Waals surface area contributed by atoms with Crippen LogP contribution in [0.25, 0.3) is 0 Å². The number of allylic oxidation sites excluding steroid dienone is 8. The van der Waals surface area contributed by atoms with Gasteiger partial charge in [0, 0.05) is 23.7 Å². The van der Waals surface area contributed by atoms with Gasteiger partial charge in [0.25, 0.3) is 0 Å². The molecule has 5 heteroatoms. The minimum absolute atomic E-state index is 0.171. The molecule has 0 aromatic rings. The molecule has 0 N–H and O–H groups in total. The standard InChI is InChI=1S/2C8H12Ge.C6H18Si3/c2*1-5-6(2)8(4)9-7(5)3;1-8(2,3)7-9(4,5)6/h2*1-4H3;1-6H3. The van der Waals surface area contributed by atoms with E-state index in [4.69, 9.17) is 0 Å². The molecule has 2 rings (SSSR count). The van der Waals surface area contributed by atoms with E-state index in [9.17, 15) is 0 Å². The van der Waals surface area contributed by atoms with E-state index in [0.29, 0.717) is 0 Å². The number of rotatable bonds is 2. The largest absolute Gasteiger partial charge is 0.0721 e. The Kier molecular flexibility index (Phi) is 11.5. The molecule has 150 valence electrons. The van der Waals surface area contributed by atoms with Gasteiger partial charge in [-0.1, -0.05) is 39.3 Å². The van der Waals surface area contributed by atoms with Crippen molar-refractivity contribution in [3.8, 4) is 0 Å². The van der Waals surface area contributed by atoms with Crippen LogP contribution in [0.5, 0.6) is 0 Å². The summed E-state index contributed by atoms with van der Waals surface area (Å²) in [6.07, 6.45) is 0. The van der Waals surface area contributed by atoms with Crippen LogP contribution in [-0.2, 0) is 0 Å². The third-order valence-corrected chi connectivity index (χ3v) is 30.7. The molecule has 0 aromatic carbocycles. The SMILES string of the molecule is C[C]1=C(C)C(C)=[C](C)[Ge]1.C[C]1=C(C)C(C)=[C](C)[Ge]1.C[Si](C)(C)[Si][Si](C)(C)C. The maximum Gasteiger partial charge on any atom is 0.0298 e. The molecule has 6 radical (unpaired) electrons. The zero-order chi connectivity index (χ0) is 21.7. The Morgan fingerprint density at radius 1 is 0.444 bits per heavy atom. The van der Waals surface area contributed by atoms with Gasteiger partial charge in [-0.15, -0.1) is 0 Å². The molecule has 2 aliphatic heterocycles. The summed E-state index contributed by atoms with van der Waals surface area (Å²) in [5, 5.41) is 0. The predicted molar refractivity (Wildman–Crippen MR) is 137 cm³/mol. The van der Waals surface area contributed by atoms with Crippen LogP contribution < -0.4 is 0 Å². The van der Waals surface area contributed by atoms with Crippen molar-refractivity contribution in [2.24, 2.45) is 0 Å². The molecule has 0 fully saturated rings. The van der Waals surface area contributed by atoms with Gasteiger partial charge >= 0.3 is 126 Å². The Labute approximate surface area is 188 Å². The average Bonchev–Trinajstić information content (AvgIpc) is 2.81. The van der Waals surface area contributed by atoms with Crippen LogP contribution in [0.3, 0.4) is 0 Å². The van der Waals surface area contributed by atoms with E-state index in [2.05, 4.69) is 94.7 Å². The molecule has 2 heterocycles. The molecule has 0 saturated heterocycles. The molecule has 2 aliphatic rings. The maximum atomic E-state index is 2.48. The van der Waals surface area contributed by atoms with Gasteiger partial charge < -0.3 is 0 Å². The molecule has 0 aromatic heterocycles. The van der Waals surface area contributed by atoms with Crippen molar-refractivity contribution in [3.05, 3.63) is 39.9 Å². The molecule has 0 bridgehead atoms. The minimum Gasteiger partial charge on any atom is -0.0721 e. The molecule has 0 saturated carbocycles. The first-order valence-corrected chi connectivity index (χ1v) is 24.2. The summed E-state index contributed by atoms with van der Waals surface area (Å²) >= 11 is 0.343. The Morgan fingerprint density at radius 3 is 0.667 bits per heavy atom. The van der Waals surface area contributed by atoms with Crippen LogP contribution in [0, 0.1) is 0 Å². The molecule has 0 unspecified atom stereocenters. The average molecular weight is 536 g/mol. The van der Waals surface area contributed by atoms with Crippen molar-refractivity contribution in [2.75, 3.05) is 0 Å². The Balaban J connectivity index is 0.000000376. The summed E-state index contributed by atoms with van der Waals surface area (Å²) in [4.78, 5) is 0. The summed E-state index contributed by atoms with van der Waals surface area (Å²) in [5.41, 5.74) is 6.25. The molecular formula is C22H42Ge2Si3. The van der Waals surface area contributed by atoms with Crippen LogP contribution in [0.4, 0.5) is 0 Å². The fourth-order valence-electron chi connectivity index (χ4n) is 3.19. The van der Waals surface area contributed by atoms with Gasteiger partial charge in [0.05, 0.1) is 0 Å². The minimum atomic E-state index is -0.703.